The molecule has 2 aromatic heterocycles. The molecule has 0 bridgehead atoms. The molecule has 0 amide bonds. The number of benzene rings is 1. The zero-order valence-electron chi connectivity index (χ0n) is 14.2. The minimum atomic E-state index is 0. The van der Waals surface area contributed by atoms with E-state index < -0.39 is 0 Å². The van der Waals surface area contributed by atoms with Gasteiger partial charge < -0.3 is 10.6 Å². The van der Waals surface area contributed by atoms with Crippen LogP contribution in [-0.4, -0.2) is 18.0 Å². The van der Waals surface area contributed by atoms with E-state index in [0.29, 0.717) is 0 Å². The Morgan fingerprint density at radius 3 is 2.56 bits per heavy atom. The third kappa shape index (κ3) is 5.52. The molecule has 0 aliphatic carbocycles. The molecule has 0 atom stereocenters. The van der Waals surface area contributed by atoms with Crippen LogP contribution in [0.4, 0.5) is 0 Å². The maximum atomic E-state index is 4.69. The number of nitrogens with zero attached hydrogens (tertiary/aromatic N) is 2. The molecule has 0 spiro atoms. The van der Waals surface area contributed by atoms with Gasteiger partial charge in [-0.15, -0.1) is 35.3 Å². The van der Waals surface area contributed by atoms with E-state index in [2.05, 4.69) is 51.5 Å². The van der Waals surface area contributed by atoms with Gasteiger partial charge in [0.2, 0.25) is 0 Å². The molecule has 0 aliphatic heterocycles. The molecule has 1 aromatic carbocycles. The van der Waals surface area contributed by atoms with Gasteiger partial charge in [0.1, 0.15) is 5.01 Å². The van der Waals surface area contributed by atoms with E-state index in [4.69, 9.17) is 4.98 Å². The zero-order chi connectivity index (χ0) is 16.8. The molecule has 0 fully saturated rings. The first-order chi connectivity index (χ1) is 11.8. The molecule has 2 heterocycles. The molecular weight excluding hydrogens is 463 g/mol. The maximum Gasteiger partial charge on any atom is 0.191 e. The lowest BCUT2D eigenvalue weighted by atomic mass is 10.2. The number of rotatable bonds is 5. The van der Waals surface area contributed by atoms with Crippen molar-refractivity contribution in [3.63, 3.8) is 0 Å². The lowest BCUT2D eigenvalue weighted by Crippen LogP contribution is -2.36. The summed E-state index contributed by atoms with van der Waals surface area (Å²) in [5, 5.41) is 12.0. The highest BCUT2D eigenvalue weighted by Gasteiger charge is 2.09. The summed E-state index contributed by atoms with van der Waals surface area (Å²) in [7, 11) is 1.79. The molecule has 3 rings (SSSR count). The lowest BCUT2D eigenvalue weighted by molar-refractivity contribution is 0.813. The Labute approximate surface area is 173 Å². The van der Waals surface area contributed by atoms with E-state index in [0.717, 1.165) is 35.3 Å². The van der Waals surface area contributed by atoms with Gasteiger partial charge in [-0.3, -0.25) is 4.99 Å². The topological polar surface area (TPSA) is 49.3 Å². The predicted octanol–water partition coefficient (Wildman–Crippen LogP) is 4.66. The van der Waals surface area contributed by atoms with E-state index in [1.54, 1.807) is 29.7 Å². The molecule has 132 valence electrons. The highest BCUT2D eigenvalue weighted by atomic mass is 127. The van der Waals surface area contributed by atoms with Crippen LogP contribution in [0.25, 0.3) is 10.6 Å². The summed E-state index contributed by atoms with van der Waals surface area (Å²) in [6.45, 7) is 3.56. The SMILES string of the molecule is CN=C(NCc1ccsc1)NCc1sc(-c2ccccc2)nc1C.I. The fourth-order valence-corrected chi connectivity index (χ4v) is 3.94. The van der Waals surface area contributed by atoms with Crippen molar-refractivity contribution in [3.8, 4) is 10.6 Å². The van der Waals surface area contributed by atoms with Gasteiger partial charge in [0.15, 0.2) is 5.96 Å². The van der Waals surface area contributed by atoms with Crippen LogP contribution in [0.5, 0.6) is 0 Å². The molecule has 3 aromatic rings. The number of thiazole rings is 1. The van der Waals surface area contributed by atoms with Crippen molar-refractivity contribution in [2.24, 2.45) is 4.99 Å². The van der Waals surface area contributed by atoms with Crippen LogP contribution in [0.15, 0.2) is 52.2 Å². The fourth-order valence-electron chi connectivity index (χ4n) is 2.26. The van der Waals surface area contributed by atoms with Crippen molar-refractivity contribution < 1.29 is 0 Å². The Bertz CT molecular complexity index is 798. The second-order valence-electron chi connectivity index (χ2n) is 5.30. The van der Waals surface area contributed by atoms with Crippen LogP contribution in [0.3, 0.4) is 0 Å². The largest absolute Gasteiger partial charge is 0.352 e. The molecular formula is C18H21IN4S2. The average Bonchev–Trinajstić information content (AvgIpc) is 3.26. The monoisotopic (exact) mass is 484 g/mol. The smallest absolute Gasteiger partial charge is 0.191 e. The number of hydrogen-bond acceptors (Lipinski definition) is 4. The van der Waals surface area contributed by atoms with E-state index >= 15 is 0 Å². The van der Waals surface area contributed by atoms with Gasteiger partial charge >= 0.3 is 0 Å². The van der Waals surface area contributed by atoms with Gasteiger partial charge in [0.25, 0.3) is 0 Å². The standard InChI is InChI=1S/C18H20N4S2.HI/c1-13-16(24-17(22-13)15-6-4-3-5-7-15)11-21-18(19-2)20-10-14-8-9-23-12-14;/h3-9,12H,10-11H2,1-2H3,(H2,19,20,21);1H. The molecule has 25 heavy (non-hydrogen) atoms. The number of nitrogens with one attached hydrogen (secondary N) is 2. The Balaban J connectivity index is 0.00000225. The molecule has 2 N–H and O–H groups in total. The molecule has 0 saturated heterocycles. The first-order valence-corrected chi connectivity index (χ1v) is 9.49. The van der Waals surface area contributed by atoms with Gasteiger partial charge in [-0.25, -0.2) is 4.98 Å². The minimum absolute atomic E-state index is 0. The summed E-state index contributed by atoms with van der Waals surface area (Å²) in [4.78, 5) is 10.2. The van der Waals surface area contributed by atoms with Crippen LogP contribution in [0.1, 0.15) is 16.1 Å². The highest BCUT2D eigenvalue weighted by Crippen LogP contribution is 2.27. The van der Waals surface area contributed by atoms with E-state index in [9.17, 15) is 0 Å². The zero-order valence-corrected chi connectivity index (χ0v) is 18.1. The van der Waals surface area contributed by atoms with Crippen molar-refractivity contribution in [1.29, 1.82) is 0 Å². The van der Waals surface area contributed by atoms with E-state index in [1.807, 2.05) is 18.2 Å². The van der Waals surface area contributed by atoms with Crippen LogP contribution in [0, 0.1) is 6.92 Å². The fraction of sp³-hybridized carbons (Fsp3) is 0.222. The Morgan fingerprint density at radius 1 is 1.12 bits per heavy atom. The summed E-state index contributed by atoms with van der Waals surface area (Å²) in [5.41, 5.74) is 3.50. The van der Waals surface area contributed by atoms with Gasteiger partial charge in [0, 0.05) is 24.0 Å². The van der Waals surface area contributed by atoms with Crippen molar-refractivity contribution >= 4 is 52.6 Å². The predicted molar refractivity (Wildman–Crippen MR) is 119 cm³/mol. The maximum absolute atomic E-state index is 4.69. The number of halogens is 1. The summed E-state index contributed by atoms with van der Waals surface area (Å²) in [5.74, 6) is 0.801. The third-order valence-corrected chi connectivity index (χ3v) is 5.53. The van der Waals surface area contributed by atoms with Gasteiger partial charge in [-0.05, 0) is 29.3 Å². The molecule has 4 nitrogen and oxygen atoms in total. The number of aliphatic imine (C=N–C) groups is 1. The van der Waals surface area contributed by atoms with Crippen LogP contribution in [-0.2, 0) is 13.1 Å². The van der Waals surface area contributed by atoms with Crippen LogP contribution < -0.4 is 10.6 Å². The van der Waals surface area contributed by atoms with Crippen molar-refractivity contribution in [2.75, 3.05) is 7.05 Å². The van der Waals surface area contributed by atoms with Crippen LogP contribution >= 0.6 is 46.7 Å². The average molecular weight is 484 g/mol. The van der Waals surface area contributed by atoms with Crippen molar-refractivity contribution in [2.45, 2.75) is 20.0 Å². The van der Waals surface area contributed by atoms with Crippen molar-refractivity contribution in [1.82, 2.24) is 15.6 Å². The number of hydrogen-bond donors (Lipinski definition) is 2. The van der Waals surface area contributed by atoms with Gasteiger partial charge in [-0.2, -0.15) is 11.3 Å². The minimum Gasteiger partial charge on any atom is -0.352 e. The van der Waals surface area contributed by atoms with Crippen molar-refractivity contribution in [3.05, 3.63) is 63.3 Å². The number of aryl methyl sites for hydroxylation is 1. The third-order valence-electron chi connectivity index (χ3n) is 3.59. The Kier molecular flexibility index (Phi) is 7.86. The molecule has 0 radical (unpaired) electrons. The normalized spacial score (nSPS) is 11.0. The second kappa shape index (κ2) is 9.88. The van der Waals surface area contributed by atoms with Gasteiger partial charge in [-0.1, -0.05) is 30.3 Å². The second-order valence-corrected chi connectivity index (χ2v) is 7.17. The summed E-state index contributed by atoms with van der Waals surface area (Å²) >= 11 is 3.43. The summed E-state index contributed by atoms with van der Waals surface area (Å²) < 4.78 is 0. The summed E-state index contributed by atoms with van der Waals surface area (Å²) in [6.07, 6.45) is 0. The number of guanidine groups is 1. The quantitative estimate of drug-likeness (QED) is 0.315. The lowest BCUT2D eigenvalue weighted by Gasteiger charge is -2.10. The Morgan fingerprint density at radius 2 is 1.88 bits per heavy atom. The number of aromatic nitrogens is 1. The summed E-state index contributed by atoms with van der Waals surface area (Å²) in [6, 6.07) is 12.4. The van der Waals surface area contributed by atoms with E-state index in [1.165, 1.54) is 10.4 Å². The first kappa shape index (κ1) is 19.9. The van der Waals surface area contributed by atoms with E-state index in [-0.39, 0.29) is 24.0 Å². The molecule has 0 unspecified atom stereocenters. The number of thiophene rings is 1. The van der Waals surface area contributed by atoms with Crippen LogP contribution in [0.2, 0.25) is 0 Å². The van der Waals surface area contributed by atoms with Gasteiger partial charge in [0.05, 0.1) is 12.2 Å². The molecule has 7 heteroatoms. The Hall–Kier alpha value is -1.45. The molecule has 0 aliphatic rings. The first-order valence-electron chi connectivity index (χ1n) is 7.73. The highest BCUT2D eigenvalue weighted by molar-refractivity contribution is 14.0. The molecule has 0 saturated carbocycles.